The van der Waals surface area contributed by atoms with Crippen LogP contribution in [0.3, 0.4) is 0 Å². The summed E-state index contributed by atoms with van der Waals surface area (Å²) >= 11 is 0. The molecule has 5 heteroatoms. The van der Waals surface area contributed by atoms with Gasteiger partial charge in [0.1, 0.15) is 0 Å². The van der Waals surface area contributed by atoms with E-state index < -0.39 is 0 Å². The average Bonchev–Trinajstić information content (AvgIpc) is 2.60. The molecule has 134 valence electrons. The third-order valence-corrected chi connectivity index (χ3v) is 4.85. The van der Waals surface area contributed by atoms with Gasteiger partial charge in [0.25, 0.3) is 0 Å². The first-order valence-corrected chi connectivity index (χ1v) is 8.96. The van der Waals surface area contributed by atoms with Gasteiger partial charge in [0, 0.05) is 32.1 Å². The Hall–Kier alpha value is -1.59. The summed E-state index contributed by atoms with van der Waals surface area (Å²) in [5.41, 5.74) is 2.38. The maximum Gasteiger partial charge on any atom is 0.317 e. The molecular formula is C19H31N3O2. The Kier molecular flexibility index (Phi) is 7.06. The highest BCUT2D eigenvalue weighted by Gasteiger charge is 2.26. The molecule has 0 radical (unpaired) electrons. The van der Waals surface area contributed by atoms with E-state index in [1.54, 1.807) is 0 Å². The molecule has 0 saturated carbocycles. The Bertz CT molecular complexity index is 533. The second-order valence-electron chi connectivity index (χ2n) is 6.90. The molecule has 0 bridgehead atoms. The van der Waals surface area contributed by atoms with Gasteiger partial charge >= 0.3 is 6.03 Å². The summed E-state index contributed by atoms with van der Waals surface area (Å²) in [6, 6.07) is 8.34. The number of carbonyl (C=O) groups is 1. The lowest BCUT2D eigenvalue weighted by Gasteiger charge is -2.34. The molecule has 24 heavy (non-hydrogen) atoms. The summed E-state index contributed by atoms with van der Waals surface area (Å²) in [7, 11) is 2.10. The molecule has 1 aliphatic heterocycles. The van der Waals surface area contributed by atoms with Gasteiger partial charge in [-0.05, 0) is 44.5 Å². The van der Waals surface area contributed by atoms with Crippen molar-refractivity contribution in [2.75, 3.05) is 26.7 Å². The van der Waals surface area contributed by atoms with E-state index in [1.807, 2.05) is 24.0 Å². The Labute approximate surface area is 145 Å². The normalized spacial score (nSPS) is 19.4. The quantitative estimate of drug-likeness (QED) is 0.841. The third kappa shape index (κ3) is 5.49. The van der Waals surface area contributed by atoms with Gasteiger partial charge in [-0.3, -0.25) is 0 Å². The predicted octanol–water partition coefficient (Wildman–Crippen LogP) is 2.44. The van der Waals surface area contributed by atoms with E-state index in [4.69, 9.17) is 0 Å². The smallest absolute Gasteiger partial charge is 0.317 e. The van der Waals surface area contributed by atoms with Crippen LogP contribution in [0.4, 0.5) is 4.79 Å². The highest BCUT2D eigenvalue weighted by molar-refractivity contribution is 5.74. The number of urea groups is 1. The Balaban J connectivity index is 1.86. The fourth-order valence-corrected chi connectivity index (χ4v) is 3.14. The van der Waals surface area contributed by atoms with Crippen LogP contribution in [0.15, 0.2) is 24.3 Å². The molecule has 1 heterocycles. The van der Waals surface area contributed by atoms with Crippen LogP contribution in [0, 0.1) is 5.92 Å². The first-order valence-electron chi connectivity index (χ1n) is 8.96. The highest BCUT2D eigenvalue weighted by atomic mass is 16.3. The van der Waals surface area contributed by atoms with Gasteiger partial charge in [-0.2, -0.15) is 0 Å². The van der Waals surface area contributed by atoms with Crippen LogP contribution in [0.5, 0.6) is 0 Å². The predicted molar refractivity (Wildman–Crippen MR) is 96.7 cm³/mol. The van der Waals surface area contributed by atoms with Crippen LogP contribution < -0.4 is 5.32 Å². The summed E-state index contributed by atoms with van der Waals surface area (Å²) in [5, 5.41) is 12.8. The summed E-state index contributed by atoms with van der Waals surface area (Å²) in [5.74, 6) is 0.192. The van der Waals surface area contributed by atoms with E-state index in [0.717, 1.165) is 38.0 Å². The fourth-order valence-electron chi connectivity index (χ4n) is 3.14. The number of hydrogen-bond acceptors (Lipinski definition) is 3. The van der Waals surface area contributed by atoms with Crippen LogP contribution in [0.2, 0.25) is 0 Å². The van der Waals surface area contributed by atoms with Crippen molar-refractivity contribution in [3.8, 4) is 0 Å². The molecule has 2 unspecified atom stereocenters. The molecule has 2 atom stereocenters. The molecule has 2 amide bonds. The number of hydrogen-bond donors (Lipinski definition) is 2. The first-order chi connectivity index (χ1) is 11.5. The van der Waals surface area contributed by atoms with Crippen molar-refractivity contribution in [1.29, 1.82) is 0 Å². The van der Waals surface area contributed by atoms with E-state index in [9.17, 15) is 9.90 Å². The van der Waals surface area contributed by atoms with Crippen LogP contribution in [0.1, 0.15) is 37.8 Å². The van der Waals surface area contributed by atoms with E-state index in [1.165, 1.54) is 5.56 Å². The second-order valence-corrected chi connectivity index (χ2v) is 6.90. The number of aliphatic hydroxyl groups excluding tert-OH is 1. The zero-order valence-corrected chi connectivity index (χ0v) is 15.2. The molecule has 1 fully saturated rings. The zero-order valence-electron chi connectivity index (χ0n) is 15.2. The number of rotatable bonds is 6. The van der Waals surface area contributed by atoms with Crippen LogP contribution >= 0.6 is 0 Å². The fraction of sp³-hybridized carbons (Fsp3) is 0.632. The maximum absolute atomic E-state index is 12.4. The van der Waals surface area contributed by atoms with Gasteiger partial charge in [0.05, 0.1) is 6.10 Å². The number of amides is 2. The Morgan fingerprint density at radius 1 is 1.46 bits per heavy atom. The molecule has 1 aliphatic rings. The largest absolute Gasteiger partial charge is 0.393 e. The summed E-state index contributed by atoms with van der Waals surface area (Å²) in [6.45, 7) is 7.84. The van der Waals surface area contributed by atoms with Gasteiger partial charge in [0.15, 0.2) is 0 Å². The Morgan fingerprint density at radius 3 is 2.92 bits per heavy atom. The number of aliphatic hydroxyl groups is 1. The minimum absolute atomic E-state index is 0.0311. The minimum Gasteiger partial charge on any atom is -0.393 e. The van der Waals surface area contributed by atoms with E-state index in [-0.39, 0.29) is 18.1 Å². The van der Waals surface area contributed by atoms with E-state index in [0.29, 0.717) is 13.1 Å². The number of benzene rings is 1. The van der Waals surface area contributed by atoms with Gasteiger partial charge in [-0.15, -0.1) is 0 Å². The molecule has 0 aliphatic carbocycles. The molecule has 5 nitrogen and oxygen atoms in total. The van der Waals surface area contributed by atoms with Gasteiger partial charge in [-0.25, -0.2) is 4.79 Å². The van der Waals surface area contributed by atoms with Gasteiger partial charge < -0.3 is 20.2 Å². The van der Waals surface area contributed by atoms with Crippen molar-refractivity contribution in [2.45, 2.75) is 45.9 Å². The van der Waals surface area contributed by atoms with Crippen molar-refractivity contribution in [1.82, 2.24) is 15.1 Å². The van der Waals surface area contributed by atoms with Crippen LogP contribution in [0.25, 0.3) is 0 Å². The summed E-state index contributed by atoms with van der Waals surface area (Å²) in [4.78, 5) is 16.5. The van der Waals surface area contributed by atoms with Crippen molar-refractivity contribution in [3.63, 3.8) is 0 Å². The average molecular weight is 333 g/mol. The molecular weight excluding hydrogens is 302 g/mol. The van der Waals surface area contributed by atoms with Crippen LogP contribution in [-0.2, 0) is 13.1 Å². The maximum atomic E-state index is 12.4. The molecule has 2 rings (SSSR count). The van der Waals surface area contributed by atoms with Crippen molar-refractivity contribution >= 4 is 6.03 Å². The Morgan fingerprint density at radius 2 is 2.21 bits per heavy atom. The van der Waals surface area contributed by atoms with E-state index >= 15 is 0 Å². The molecule has 1 aromatic rings. The number of nitrogens with zero attached hydrogens (tertiary/aromatic N) is 2. The molecule has 2 N–H and O–H groups in total. The first kappa shape index (κ1) is 18.7. The lowest BCUT2D eigenvalue weighted by atomic mass is 9.94. The van der Waals surface area contributed by atoms with E-state index in [2.05, 4.69) is 36.3 Å². The second kappa shape index (κ2) is 9.04. The number of carbonyl (C=O) groups excluding carboxylic acids is 1. The highest BCUT2D eigenvalue weighted by Crippen LogP contribution is 2.19. The SMILES string of the molecule is CCN(C)Cc1cccc(CNC(=O)N2CCCC(C(C)O)C2)c1. The number of nitrogens with one attached hydrogen (secondary N) is 1. The van der Waals surface area contributed by atoms with Gasteiger partial charge in [-0.1, -0.05) is 31.2 Å². The van der Waals surface area contributed by atoms with Gasteiger partial charge in [0.2, 0.25) is 0 Å². The lowest BCUT2D eigenvalue weighted by Crippen LogP contribution is -2.47. The monoisotopic (exact) mass is 333 g/mol. The number of likely N-dealkylation sites (tertiary alicyclic amines) is 1. The molecule has 0 spiro atoms. The molecule has 0 aromatic heterocycles. The topological polar surface area (TPSA) is 55.8 Å². The lowest BCUT2D eigenvalue weighted by molar-refractivity contribution is 0.0738. The van der Waals surface area contributed by atoms with Crippen molar-refractivity contribution in [2.24, 2.45) is 5.92 Å². The zero-order chi connectivity index (χ0) is 17.5. The van der Waals surface area contributed by atoms with Crippen molar-refractivity contribution in [3.05, 3.63) is 35.4 Å². The standard InChI is InChI=1S/C19H31N3O2/c1-4-21(3)13-17-8-5-7-16(11-17)12-20-19(24)22-10-6-9-18(14-22)15(2)23/h5,7-8,11,15,18,23H,4,6,9-10,12-14H2,1-3H3,(H,20,24). The third-order valence-electron chi connectivity index (χ3n) is 4.85. The summed E-state index contributed by atoms with van der Waals surface area (Å²) < 4.78 is 0. The molecule has 1 saturated heterocycles. The van der Waals surface area contributed by atoms with Crippen LogP contribution in [-0.4, -0.2) is 53.7 Å². The molecule has 1 aromatic carbocycles. The summed E-state index contributed by atoms with van der Waals surface area (Å²) in [6.07, 6.45) is 1.60. The van der Waals surface area contributed by atoms with Crippen molar-refractivity contribution < 1.29 is 9.90 Å². The minimum atomic E-state index is -0.354. The number of piperidine rings is 1.